The predicted octanol–water partition coefficient (Wildman–Crippen LogP) is 2.01. The number of carbonyl (C=O) groups is 1. The second-order valence-corrected chi connectivity index (χ2v) is 4.95. The monoisotopic (exact) mass is 314 g/mol. The van der Waals surface area contributed by atoms with Crippen molar-refractivity contribution in [1.29, 1.82) is 0 Å². The molecule has 1 N–H and O–H groups in total. The van der Waals surface area contributed by atoms with E-state index in [4.69, 9.17) is 9.84 Å². The second kappa shape index (κ2) is 5.57. The van der Waals surface area contributed by atoms with Gasteiger partial charge in [0.2, 0.25) is 0 Å². The molecule has 20 heavy (non-hydrogen) atoms. The zero-order valence-corrected chi connectivity index (χ0v) is 10.8. The molecule has 0 radical (unpaired) electrons. The van der Waals surface area contributed by atoms with Crippen molar-refractivity contribution >= 4 is 16.1 Å². The number of halogens is 3. The summed E-state index contributed by atoms with van der Waals surface area (Å²) < 4.78 is 66.9. The largest absolute Gasteiger partial charge is 0.534 e. The van der Waals surface area contributed by atoms with Gasteiger partial charge in [0.25, 0.3) is 0 Å². The highest BCUT2D eigenvalue weighted by Crippen LogP contribution is 2.30. The molecule has 0 bridgehead atoms. The molecule has 112 valence electrons. The van der Waals surface area contributed by atoms with Crippen molar-refractivity contribution in [3.05, 3.63) is 23.8 Å². The minimum absolute atomic E-state index is 0.106. The van der Waals surface area contributed by atoms with Gasteiger partial charge in [0, 0.05) is 6.07 Å². The molecule has 0 fully saturated rings. The van der Waals surface area contributed by atoms with E-state index in [1.807, 2.05) is 0 Å². The normalized spacial score (nSPS) is 12.0. The summed E-state index contributed by atoms with van der Waals surface area (Å²) in [6.07, 6.45) is 0. The summed E-state index contributed by atoms with van der Waals surface area (Å²) in [5.41, 5.74) is -6.08. The molecule has 0 heterocycles. The van der Waals surface area contributed by atoms with E-state index in [9.17, 15) is 26.4 Å². The summed E-state index contributed by atoms with van der Waals surface area (Å²) in [6, 6.07) is 2.52. The van der Waals surface area contributed by atoms with Crippen LogP contribution in [0.25, 0.3) is 0 Å². The highest BCUT2D eigenvalue weighted by molar-refractivity contribution is 7.88. The molecule has 0 saturated carbocycles. The number of benzene rings is 1. The SMILES string of the molecule is CCOc1cc(OS(=O)(=O)C(F)(F)F)cc(C(=O)O)c1. The molecule has 0 saturated heterocycles. The molecule has 0 aliphatic carbocycles. The van der Waals surface area contributed by atoms with Gasteiger partial charge in [-0.1, -0.05) is 0 Å². The summed E-state index contributed by atoms with van der Waals surface area (Å²) in [5, 5.41) is 8.78. The highest BCUT2D eigenvalue weighted by Gasteiger charge is 2.48. The van der Waals surface area contributed by atoms with Crippen LogP contribution in [0.15, 0.2) is 18.2 Å². The maximum Gasteiger partial charge on any atom is 0.534 e. The third-order valence-corrected chi connectivity index (χ3v) is 2.91. The van der Waals surface area contributed by atoms with Crippen molar-refractivity contribution in [2.45, 2.75) is 12.4 Å². The number of hydrogen-bond acceptors (Lipinski definition) is 5. The van der Waals surface area contributed by atoms with Gasteiger partial charge in [-0.2, -0.15) is 21.6 Å². The molecule has 1 aromatic carbocycles. The zero-order chi connectivity index (χ0) is 15.6. The van der Waals surface area contributed by atoms with Crippen LogP contribution in [0.1, 0.15) is 17.3 Å². The van der Waals surface area contributed by atoms with Gasteiger partial charge in [-0.25, -0.2) is 4.79 Å². The van der Waals surface area contributed by atoms with Gasteiger partial charge in [0.1, 0.15) is 11.5 Å². The molecule has 0 aromatic heterocycles. The molecular weight excluding hydrogens is 305 g/mol. The number of ether oxygens (including phenoxy) is 1. The van der Waals surface area contributed by atoms with E-state index in [1.54, 1.807) is 6.92 Å². The summed E-state index contributed by atoms with van der Waals surface area (Å²) >= 11 is 0. The molecule has 0 unspecified atom stereocenters. The number of rotatable bonds is 5. The highest BCUT2D eigenvalue weighted by atomic mass is 32.2. The molecule has 0 atom stereocenters. The number of carboxylic acid groups (broad SMARTS) is 1. The number of hydrogen-bond donors (Lipinski definition) is 1. The van der Waals surface area contributed by atoms with Crippen molar-refractivity contribution < 1.29 is 40.4 Å². The molecule has 1 rings (SSSR count). The Kier molecular flexibility index (Phi) is 4.48. The third-order valence-electron chi connectivity index (χ3n) is 1.93. The second-order valence-electron chi connectivity index (χ2n) is 3.41. The Morgan fingerprint density at radius 2 is 1.80 bits per heavy atom. The molecule has 0 aliphatic rings. The van der Waals surface area contributed by atoms with E-state index in [1.165, 1.54) is 0 Å². The van der Waals surface area contributed by atoms with Crippen LogP contribution < -0.4 is 8.92 Å². The van der Waals surface area contributed by atoms with E-state index in [-0.39, 0.29) is 12.4 Å². The molecule has 6 nitrogen and oxygen atoms in total. The van der Waals surface area contributed by atoms with Crippen molar-refractivity contribution in [1.82, 2.24) is 0 Å². The molecule has 0 amide bonds. The number of carboxylic acids is 1. The van der Waals surface area contributed by atoms with Crippen molar-refractivity contribution in [3.63, 3.8) is 0 Å². The van der Waals surface area contributed by atoms with Crippen LogP contribution in [-0.2, 0) is 10.1 Å². The Bertz CT molecular complexity index is 608. The molecule has 10 heteroatoms. The first kappa shape index (κ1) is 16.1. The zero-order valence-electron chi connectivity index (χ0n) is 9.97. The number of alkyl halides is 3. The Labute approximate surface area is 111 Å². The van der Waals surface area contributed by atoms with Crippen LogP contribution in [0.5, 0.6) is 11.5 Å². The average molecular weight is 314 g/mol. The van der Waals surface area contributed by atoms with Gasteiger partial charge in [-0.05, 0) is 19.1 Å². The fraction of sp³-hybridized carbons (Fsp3) is 0.300. The summed E-state index contributed by atoms with van der Waals surface area (Å²) in [4.78, 5) is 10.8. The lowest BCUT2D eigenvalue weighted by Crippen LogP contribution is -2.28. The van der Waals surface area contributed by atoms with Gasteiger partial charge < -0.3 is 14.0 Å². The van der Waals surface area contributed by atoms with Gasteiger partial charge in [0.05, 0.1) is 12.2 Å². The van der Waals surface area contributed by atoms with E-state index in [0.717, 1.165) is 12.1 Å². The first-order valence-electron chi connectivity index (χ1n) is 5.08. The van der Waals surface area contributed by atoms with Crippen molar-refractivity contribution in [3.8, 4) is 11.5 Å². The predicted molar refractivity (Wildman–Crippen MR) is 60.2 cm³/mol. The minimum Gasteiger partial charge on any atom is -0.494 e. The van der Waals surface area contributed by atoms with E-state index < -0.39 is 32.9 Å². The van der Waals surface area contributed by atoms with Crippen molar-refractivity contribution in [2.75, 3.05) is 6.61 Å². The van der Waals surface area contributed by atoms with E-state index >= 15 is 0 Å². The van der Waals surface area contributed by atoms with Gasteiger partial charge >= 0.3 is 21.6 Å². The maximum atomic E-state index is 12.2. The van der Waals surface area contributed by atoms with Gasteiger partial charge in [0.15, 0.2) is 0 Å². The first-order chi connectivity index (χ1) is 9.06. The van der Waals surface area contributed by atoms with Crippen LogP contribution in [0, 0.1) is 0 Å². The molecule has 1 aromatic rings. The summed E-state index contributed by atoms with van der Waals surface area (Å²) in [5.74, 6) is -2.40. The Morgan fingerprint density at radius 3 is 2.25 bits per heavy atom. The van der Waals surface area contributed by atoms with Crippen LogP contribution in [-0.4, -0.2) is 31.6 Å². The van der Waals surface area contributed by atoms with Crippen LogP contribution in [0.3, 0.4) is 0 Å². The Hall–Kier alpha value is -1.97. The first-order valence-corrected chi connectivity index (χ1v) is 6.49. The smallest absolute Gasteiger partial charge is 0.494 e. The summed E-state index contributed by atoms with van der Waals surface area (Å²) in [7, 11) is -5.87. The van der Waals surface area contributed by atoms with Gasteiger partial charge in [-0.15, -0.1) is 0 Å². The topological polar surface area (TPSA) is 89.9 Å². The standard InChI is InChI=1S/C10H9F3O6S/c1-2-18-7-3-6(9(14)15)4-8(5-7)19-20(16,17)10(11,12)13/h3-5H,2H2,1H3,(H,14,15). The lowest BCUT2D eigenvalue weighted by Gasteiger charge is -2.11. The lowest BCUT2D eigenvalue weighted by molar-refractivity contribution is -0.0500. The van der Waals surface area contributed by atoms with Gasteiger partial charge in [-0.3, -0.25) is 0 Å². The molecule has 0 aliphatic heterocycles. The van der Waals surface area contributed by atoms with Crippen LogP contribution >= 0.6 is 0 Å². The minimum atomic E-state index is -5.87. The molecular formula is C10H9F3O6S. The van der Waals surface area contributed by atoms with Crippen molar-refractivity contribution in [2.24, 2.45) is 0 Å². The third kappa shape index (κ3) is 3.76. The fourth-order valence-electron chi connectivity index (χ4n) is 1.17. The van der Waals surface area contributed by atoms with Crippen LogP contribution in [0.4, 0.5) is 13.2 Å². The maximum absolute atomic E-state index is 12.2. The fourth-order valence-corrected chi connectivity index (χ4v) is 1.61. The quantitative estimate of drug-likeness (QED) is 0.660. The lowest BCUT2D eigenvalue weighted by atomic mass is 10.2. The van der Waals surface area contributed by atoms with Crippen LogP contribution in [0.2, 0.25) is 0 Å². The van der Waals surface area contributed by atoms with E-state index in [2.05, 4.69) is 4.18 Å². The Morgan fingerprint density at radius 1 is 1.25 bits per heavy atom. The number of aromatic carboxylic acids is 1. The average Bonchev–Trinajstić information content (AvgIpc) is 2.26. The molecule has 0 spiro atoms. The Balaban J connectivity index is 3.22. The van der Waals surface area contributed by atoms with E-state index in [0.29, 0.717) is 6.07 Å². The summed E-state index contributed by atoms with van der Waals surface area (Å²) in [6.45, 7) is 1.66.